The van der Waals surface area contributed by atoms with E-state index in [1.807, 2.05) is 41.2 Å². The third-order valence-corrected chi connectivity index (χ3v) is 3.90. The topological polar surface area (TPSA) is 63.1 Å². The highest BCUT2D eigenvalue weighted by atomic mass is 19.1. The number of rotatable bonds is 6. The maximum atomic E-state index is 13.5. The first kappa shape index (κ1) is 18.3. The van der Waals surface area contributed by atoms with E-state index in [9.17, 15) is 18.4 Å². The summed E-state index contributed by atoms with van der Waals surface area (Å²) in [5, 5.41) is 5.14. The van der Waals surface area contributed by atoms with Gasteiger partial charge >= 0.3 is 0 Å². The fourth-order valence-electron chi connectivity index (χ4n) is 2.51. The number of nitrogens with zero attached hydrogens (tertiary/aromatic N) is 1. The smallest absolute Gasteiger partial charge is 0.254 e. The Balaban J connectivity index is 1.47. The Hall–Kier alpha value is -3.48. The summed E-state index contributed by atoms with van der Waals surface area (Å²) in [5.74, 6) is -2.63. The van der Waals surface area contributed by atoms with E-state index in [4.69, 9.17) is 0 Å². The molecule has 5 nitrogen and oxygen atoms in total. The second kappa shape index (κ2) is 8.27. The van der Waals surface area contributed by atoms with E-state index >= 15 is 0 Å². The van der Waals surface area contributed by atoms with Crippen LogP contribution in [0.3, 0.4) is 0 Å². The van der Waals surface area contributed by atoms with Crippen LogP contribution in [-0.2, 0) is 0 Å². The first-order valence-corrected chi connectivity index (χ1v) is 8.29. The van der Waals surface area contributed by atoms with Gasteiger partial charge in [0.2, 0.25) is 0 Å². The number of halogens is 2. The van der Waals surface area contributed by atoms with Crippen molar-refractivity contribution in [1.82, 2.24) is 15.2 Å². The Morgan fingerprint density at radius 3 is 2.11 bits per heavy atom. The standard InChI is InChI=1S/C20H17F2N3O2/c21-15-5-8-17(18(22)13-15)20(27)24-10-9-23-19(26)14-3-6-16(7-4-14)25-11-1-2-12-25/h1-8,11-13H,9-10H2,(H,23,26)(H,24,27). The molecule has 3 aromatic rings. The van der Waals surface area contributed by atoms with Crippen LogP contribution in [0, 0.1) is 11.6 Å². The Morgan fingerprint density at radius 1 is 0.852 bits per heavy atom. The van der Waals surface area contributed by atoms with Gasteiger partial charge in [-0.15, -0.1) is 0 Å². The van der Waals surface area contributed by atoms with Crippen molar-refractivity contribution in [2.45, 2.75) is 0 Å². The molecule has 0 spiro atoms. The summed E-state index contributed by atoms with van der Waals surface area (Å²) in [7, 11) is 0. The van der Waals surface area contributed by atoms with Gasteiger partial charge in [0.15, 0.2) is 0 Å². The van der Waals surface area contributed by atoms with E-state index < -0.39 is 17.5 Å². The van der Waals surface area contributed by atoms with Crippen LogP contribution in [-0.4, -0.2) is 29.5 Å². The largest absolute Gasteiger partial charge is 0.350 e. The Kier molecular flexibility index (Phi) is 5.61. The molecule has 2 amide bonds. The molecule has 0 aliphatic rings. The number of amides is 2. The van der Waals surface area contributed by atoms with Gasteiger partial charge < -0.3 is 15.2 Å². The lowest BCUT2D eigenvalue weighted by atomic mass is 10.2. The van der Waals surface area contributed by atoms with Crippen molar-refractivity contribution in [1.29, 1.82) is 0 Å². The first-order chi connectivity index (χ1) is 13.0. The molecule has 0 saturated carbocycles. The minimum absolute atomic E-state index is 0.114. The van der Waals surface area contributed by atoms with E-state index in [-0.39, 0.29) is 24.6 Å². The molecule has 0 saturated heterocycles. The molecule has 0 atom stereocenters. The maximum absolute atomic E-state index is 13.5. The minimum Gasteiger partial charge on any atom is -0.350 e. The molecule has 138 valence electrons. The number of hydrogen-bond acceptors (Lipinski definition) is 2. The van der Waals surface area contributed by atoms with Gasteiger partial charge in [0.05, 0.1) is 5.56 Å². The number of aromatic nitrogens is 1. The van der Waals surface area contributed by atoms with E-state index in [0.29, 0.717) is 11.6 Å². The molecule has 2 aromatic carbocycles. The molecule has 0 unspecified atom stereocenters. The highest BCUT2D eigenvalue weighted by Crippen LogP contribution is 2.10. The first-order valence-electron chi connectivity index (χ1n) is 8.29. The van der Waals surface area contributed by atoms with Crippen molar-refractivity contribution in [2.75, 3.05) is 13.1 Å². The predicted molar refractivity (Wildman–Crippen MR) is 96.8 cm³/mol. The zero-order valence-electron chi connectivity index (χ0n) is 14.3. The lowest BCUT2D eigenvalue weighted by Crippen LogP contribution is -2.35. The minimum atomic E-state index is -0.931. The normalized spacial score (nSPS) is 10.4. The number of carbonyl (C=O) groups excluding carboxylic acids is 2. The van der Waals surface area contributed by atoms with Gasteiger partial charge in [0.1, 0.15) is 11.6 Å². The van der Waals surface area contributed by atoms with Gasteiger partial charge in [-0.05, 0) is 48.5 Å². The highest BCUT2D eigenvalue weighted by molar-refractivity contribution is 5.95. The van der Waals surface area contributed by atoms with E-state index in [0.717, 1.165) is 17.8 Å². The molecule has 3 rings (SSSR count). The average molecular weight is 369 g/mol. The SMILES string of the molecule is O=C(NCCNC(=O)c1ccc(F)cc1F)c1ccc(-n2cccc2)cc1. The van der Waals surface area contributed by atoms with Gasteiger partial charge in [-0.25, -0.2) is 8.78 Å². The summed E-state index contributed by atoms with van der Waals surface area (Å²) in [6.07, 6.45) is 3.81. The monoisotopic (exact) mass is 369 g/mol. The fraction of sp³-hybridized carbons (Fsp3) is 0.100. The summed E-state index contributed by atoms with van der Waals surface area (Å²) in [6, 6.07) is 13.6. The van der Waals surface area contributed by atoms with E-state index in [2.05, 4.69) is 10.6 Å². The van der Waals surface area contributed by atoms with Gasteiger partial charge in [0.25, 0.3) is 11.8 Å². The summed E-state index contributed by atoms with van der Waals surface area (Å²) in [6.45, 7) is 0.287. The number of hydrogen-bond donors (Lipinski definition) is 2. The second-order valence-electron chi connectivity index (χ2n) is 5.77. The lowest BCUT2D eigenvalue weighted by molar-refractivity contribution is 0.0925. The number of benzene rings is 2. The van der Waals surface area contributed by atoms with Crippen molar-refractivity contribution in [3.05, 3.63) is 89.8 Å². The van der Waals surface area contributed by atoms with Crippen LogP contribution < -0.4 is 10.6 Å². The molecule has 0 aliphatic carbocycles. The zero-order valence-corrected chi connectivity index (χ0v) is 14.3. The van der Waals surface area contributed by atoms with Crippen molar-refractivity contribution in [3.8, 4) is 5.69 Å². The fourth-order valence-corrected chi connectivity index (χ4v) is 2.51. The van der Waals surface area contributed by atoms with Crippen molar-refractivity contribution >= 4 is 11.8 Å². The van der Waals surface area contributed by atoms with Crippen LogP contribution in [0.4, 0.5) is 8.78 Å². The molecule has 0 bridgehead atoms. The Labute approximate surface area is 154 Å². The summed E-state index contributed by atoms with van der Waals surface area (Å²) in [5.41, 5.74) is 1.18. The third kappa shape index (κ3) is 4.58. The molecule has 0 fully saturated rings. The quantitative estimate of drug-likeness (QED) is 0.657. The Bertz CT molecular complexity index is 938. The van der Waals surface area contributed by atoms with Gasteiger partial charge in [-0.3, -0.25) is 9.59 Å². The number of nitrogens with one attached hydrogen (secondary N) is 2. The van der Waals surface area contributed by atoms with Gasteiger partial charge in [0, 0.05) is 42.8 Å². The molecule has 0 aliphatic heterocycles. The summed E-state index contributed by atoms with van der Waals surface area (Å²) in [4.78, 5) is 24.0. The lowest BCUT2D eigenvalue weighted by Gasteiger charge is -2.09. The van der Waals surface area contributed by atoms with Crippen molar-refractivity contribution < 1.29 is 18.4 Å². The summed E-state index contributed by atoms with van der Waals surface area (Å²) < 4.78 is 28.3. The average Bonchev–Trinajstić information content (AvgIpc) is 3.20. The summed E-state index contributed by atoms with van der Waals surface area (Å²) >= 11 is 0. The Morgan fingerprint density at radius 2 is 1.48 bits per heavy atom. The molecule has 1 aromatic heterocycles. The van der Waals surface area contributed by atoms with Crippen LogP contribution in [0.5, 0.6) is 0 Å². The molecule has 7 heteroatoms. The number of carbonyl (C=O) groups is 2. The van der Waals surface area contributed by atoms with Gasteiger partial charge in [-0.1, -0.05) is 0 Å². The van der Waals surface area contributed by atoms with Crippen LogP contribution in [0.1, 0.15) is 20.7 Å². The maximum Gasteiger partial charge on any atom is 0.254 e. The van der Waals surface area contributed by atoms with E-state index in [1.165, 1.54) is 0 Å². The zero-order chi connectivity index (χ0) is 19.2. The highest BCUT2D eigenvalue weighted by Gasteiger charge is 2.12. The van der Waals surface area contributed by atoms with Gasteiger partial charge in [-0.2, -0.15) is 0 Å². The second-order valence-corrected chi connectivity index (χ2v) is 5.77. The molecule has 2 N–H and O–H groups in total. The van der Waals surface area contributed by atoms with Crippen molar-refractivity contribution in [3.63, 3.8) is 0 Å². The van der Waals surface area contributed by atoms with Crippen LogP contribution in [0.15, 0.2) is 67.0 Å². The van der Waals surface area contributed by atoms with Crippen LogP contribution >= 0.6 is 0 Å². The molecular weight excluding hydrogens is 352 g/mol. The predicted octanol–water partition coefficient (Wildman–Crippen LogP) is 2.92. The molecular formula is C20H17F2N3O2. The van der Waals surface area contributed by atoms with Crippen LogP contribution in [0.25, 0.3) is 5.69 Å². The molecule has 0 radical (unpaired) electrons. The third-order valence-electron chi connectivity index (χ3n) is 3.90. The molecule has 1 heterocycles. The van der Waals surface area contributed by atoms with E-state index in [1.54, 1.807) is 12.1 Å². The van der Waals surface area contributed by atoms with Crippen LogP contribution in [0.2, 0.25) is 0 Å². The van der Waals surface area contributed by atoms with Crippen molar-refractivity contribution in [2.24, 2.45) is 0 Å². The molecule has 27 heavy (non-hydrogen) atoms.